The van der Waals surface area contributed by atoms with E-state index in [1.165, 1.54) is 56.2 Å². The first-order valence-corrected chi connectivity index (χ1v) is 8.86. The van der Waals surface area contributed by atoms with Crippen molar-refractivity contribution in [3.05, 3.63) is 0 Å². The van der Waals surface area contributed by atoms with Crippen molar-refractivity contribution in [2.24, 2.45) is 10.4 Å². The van der Waals surface area contributed by atoms with Crippen LogP contribution < -0.4 is 5.32 Å². The molecule has 1 unspecified atom stereocenters. The van der Waals surface area contributed by atoms with Crippen LogP contribution in [0.3, 0.4) is 0 Å². The lowest BCUT2D eigenvalue weighted by atomic mass is 9.84. The molecule has 1 N–H and O–H groups in total. The Morgan fingerprint density at radius 3 is 2.74 bits per heavy atom. The summed E-state index contributed by atoms with van der Waals surface area (Å²) in [6.07, 6.45) is 5.11. The van der Waals surface area contributed by atoms with E-state index in [9.17, 15) is 0 Å². The van der Waals surface area contributed by atoms with Gasteiger partial charge < -0.3 is 10.2 Å². The summed E-state index contributed by atoms with van der Waals surface area (Å²) >= 11 is 1.94. The van der Waals surface area contributed by atoms with Crippen LogP contribution in [0.2, 0.25) is 0 Å². The van der Waals surface area contributed by atoms with Gasteiger partial charge in [-0.25, -0.2) is 0 Å². The fourth-order valence-corrected chi connectivity index (χ4v) is 4.30. The summed E-state index contributed by atoms with van der Waals surface area (Å²) in [5, 5.41) is 4.87. The van der Waals surface area contributed by atoms with E-state index in [0.717, 1.165) is 6.54 Å². The van der Waals surface area contributed by atoms with Crippen molar-refractivity contribution < 1.29 is 0 Å². The first-order chi connectivity index (χ1) is 9.21. The Kier molecular flexibility index (Phi) is 5.58. The predicted molar refractivity (Wildman–Crippen MR) is 86.0 cm³/mol. The molecule has 1 saturated heterocycles. The Bertz CT molecular complexity index is 313. The minimum atomic E-state index is 0.456. The van der Waals surface area contributed by atoms with E-state index in [4.69, 9.17) is 4.99 Å². The molecule has 2 heterocycles. The van der Waals surface area contributed by atoms with Crippen molar-refractivity contribution in [1.82, 2.24) is 10.2 Å². The molecule has 110 valence electrons. The van der Waals surface area contributed by atoms with E-state index in [1.807, 2.05) is 11.8 Å². The van der Waals surface area contributed by atoms with Gasteiger partial charge >= 0.3 is 0 Å². The van der Waals surface area contributed by atoms with Gasteiger partial charge in [0, 0.05) is 24.9 Å². The highest BCUT2D eigenvalue weighted by atomic mass is 32.2. The average molecular weight is 283 g/mol. The van der Waals surface area contributed by atoms with E-state index in [-0.39, 0.29) is 0 Å². The Morgan fingerprint density at radius 2 is 2.16 bits per heavy atom. The number of nitrogens with zero attached hydrogens (tertiary/aromatic N) is 2. The monoisotopic (exact) mass is 283 g/mol. The topological polar surface area (TPSA) is 27.6 Å². The Hall–Kier alpha value is -0.220. The molecular weight excluding hydrogens is 254 g/mol. The van der Waals surface area contributed by atoms with Gasteiger partial charge in [-0.2, -0.15) is 0 Å². The van der Waals surface area contributed by atoms with Gasteiger partial charge in [-0.05, 0) is 44.2 Å². The first kappa shape index (κ1) is 15.2. The molecule has 0 amide bonds. The molecule has 2 aliphatic heterocycles. The standard InChI is InChI=1S/C15H29N3S/c1-4-15(5-2)11-16-14(19-12-15)17-13-8-7-9-18(6-3)10-13/h13H,4-12H2,1-3H3,(H,16,17). The van der Waals surface area contributed by atoms with Crippen molar-refractivity contribution >= 4 is 16.9 Å². The van der Waals surface area contributed by atoms with Crippen molar-refractivity contribution in [2.75, 3.05) is 31.9 Å². The van der Waals surface area contributed by atoms with E-state index in [1.54, 1.807) is 0 Å². The molecule has 4 heteroatoms. The second-order valence-electron chi connectivity index (χ2n) is 5.99. The maximum absolute atomic E-state index is 4.82. The summed E-state index contributed by atoms with van der Waals surface area (Å²) in [5.41, 5.74) is 0.456. The molecule has 0 spiro atoms. The Labute approximate surface area is 122 Å². The van der Waals surface area contributed by atoms with Gasteiger partial charge in [0.25, 0.3) is 0 Å². The third-order valence-electron chi connectivity index (χ3n) is 4.85. The Balaban J connectivity index is 1.85. The molecule has 1 atom stereocenters. The highest BCUT2D eigenvalue weighted by Crippen LogP contribution is 2.34. The van der Waals surface area contributed by atoms with Crippen molar-refractivity contribution in [2.45, 2.75) is 52.5 Å². The van der Waals surface area contributed by atoms with Gasteiger partial charge in [-0.1, -0.05) is 32.5 Å². The number of aliphatic imine (C=N–C) groups is 1. The number of hydrogen-bond acceptors (Lipinski definition) is 4. The van der Waals surface area contributed by atoms with Crippen LogP contribution in [-0.4, -0.2) is 48.0 Å². The summed E-state index contributed by atoms with van der Waals surface area (Å²) in [4.78, 5) is 7.36. The molecule has 1 fully saturated rings. The van der Waals surface area contributed by atoms with E-state index >= 15 is 0 Å². The molecule has 0 aromatic carbocycles. The molecular formula is C15H29N3S. The van der Waals surface area contributed by atoms with Gasteiger partial charge in [0.05, 0.1) is 0 Å². The largest absolute Gasteiger partial charge is 0.361 e. The summed E-state index contributed by atoms with van der Waals surface area (Å²) in [5.74, 6) is 1.23. The maximum Gasteiger partial charge on any atom is 0.156 e. The number of likely N-dealkylation sites (tertiary alicyclic amines) is 1. The van der Waals surface area contributed by atoms with Crippen LogP contribution >= 0.6 is 11.8 Å². The molecule has 0 aromatic rings. The molecule has 3 nitrogen and oxygen atoms in total. The minimum absolute atomic E-state index is 0.456. The first-order valence-electron chi connectivity index (χ1n) is 7.87. The third-order valence-corrected chi connectivity index (χ3v) is 6.13. The molecule has 2 aliphatic rings. The summed E-state index contributed by atoms with van der Waals surface area (Å²) < 4.78 is 0. The SMILES string of the molecule is CCN1CCCC(NC2=NCC(CC)(CC)CS2)C1. The number of amidine groups is 1. The number of piperidine rings is 1. The number of nitrogens with one attached hydrogen (secondary N) is 1. The van der Waals surface area contributed by atoms with Crippen LogP contribution in [-0.2, 0) is 0 Å². The summed E-state index contributed by atoms with van der Waals surface area (Å²) in [7, 11) is 0. The minimum Gasteiger partial charge on any atom is -0.361 e. The highest BCUT2D eigenvalue weighted by Gasteiger charge is 2.31. The van der Waals surface area contributed by atoms with Crippen molar-refractivity contribution in [1.29, 1.82) is 0 Å². The molecule has 0 saturated carbocycles. The van der Waals surface area contributed by atoms with Gasteiger partial charge in [-0.3, -0.25) is 4.99 Å². The van der Waals surface area contributed by atoms with E-state index in [2.05, 4.69) is 31.0 Å². The fourth-order valence-electron chi connectivity index (χ4n) is 2.95. The van der Waals surface area contributed by atoms with E-state index in [0.29, 0.717) is 11.5 Å². The van der Waals surface area contributed by atoms with Gasteiger partial charge in [0.1, 0.15) is 0 Å². The van der Waals surface area contributed by atoms with Crippen molar-refractivity contribution in [3.8, 4) is 0 Å². The molecule has 0 aliphatic carbocycles. The zero-order valence-corrected chi connectivity index (χ0v) is 13.6. The number of rotatable bonds is 4. The molecule has 19 heavy (non-hydrogen) atoms. The number of thioether (sulfide) groups is 1. The molecule has 0 aromatic heterocycles. The normalized spacial score (nSPS) is 27.9. The third kappa shape index (κ3) is 3.88. The molecule has 2 rings (SSSR count). The zero-order chi connectivity index (χ0) is 13.7. The number of likely N-dealkylation sites (N-methyl/N-ethyl adjacent to an activating group) is 1. The number of hydrogen-bond donors (Lipinski definition) is 1. The zero-order valence-electron chi connectivity index (χ0n) is 12.7. The molecule has 0 bridgehead atoms. The van der Waals surface area contributed by atoms with Gasteiger partial charge in [-0.15, -0.1) is 0 Å². The van der Waals surface area contributed by atoms with E-state index < -0.39 is 0 Å². The van der Waals surface area contributed by atoms with Crippen molar-refractivity contribution in [3.63, 3.8) is 0 Å². The second-order valence-corrected chi connectivity index (χ2v) is 6.96. The van der Waals surface area contributed by atoms with Crippen LogP contribution in [0.25, 0.3) is 0 Å². The summed E-state index contributed by atoms with van der Waals surface area (Å²) in [6, 6.07) is 0.607. The fraction of sp³-hybridized carbons (Fsp3) is 0.933. The summed E-state index contributed by atoms with van der Waals surface area (Å²) in [6.45, 7) is 11.5. The van der Waals surface area contributed by atoms with Crippen LogP contribution in [0.15, 0.2) is 4.99 Å². The van der Waals surface area contributed by atoms with Crippen LogP contribution in [0.1, 0.15) is 46.5 Å². The lowest BCUT2D eigenvalue weighted by Crippen LogP contribution is -2.48. The van der Waals surface area contributed by atoms with Crippen LogP contribution in [0.4, 0.5) is 0 Å². The lowest BCUT2D eigenvalue weighted by Gasteiger charge is -2.36. The second kappa shape index (κ2) is 6.98. The quantitative estimate of drug-likeness (QED) is 0.859. The lowest BCUT2D eigenvalue weighted by molar-refractivity contribution is 0.210. The van der Waals surface area contributed by atoms with Gasteiger partial charge in [0.2, 0.25) is 0 Å². The highest BCUT2D eigenvalue weighted by molar-refractivity contribution is 8.13. The maximum atomic E-state index is 4.82. The average Bonchev–Trinajstić information content (AvgIpc) is 2.48. The van der Waals surface area contributed by atoms with Crippen LogP contribution in [0.5, 0.6) is 0 Å². The predicted octanol–water partition coefficient (Wildman–Crippen LogP) is 2.97. The Morgan fingerprint density at radius 1 is 1.37 bits per heavy atom. The van der Waals surface area contributed by atoms with Crippen LogP contribution in [0, 0.1) is 5.41 Å². The molecule has 0 radical (unpaired) electrons. The van der Waals surface area contributed by atoms with Gasteiger partial charge in [0.15, 0.2) is 5.17 Å². The smallest absolute Gasteiger partial charge is 0.156 e.